The van der Waals surface area contributed by atoms with E-state index in [2.05, 4.69) is 59.5 Å². The zero-order chi connectivity index (χ0) is 16.6. The van der Waals surface area contributed by atoms with Crippen molar-refractivity contribution in [2.45, 2.75) is 38.8 Å². The predicted molar refractivity (Wildman–Crippen MR) is 98.6 cm³/mol. The van der Waals surface area contributed by atoms with Crippen LogP contribution < -0.4 is 0 Å². The van der Waals surface area contributed by atoms with E-state index < -0.39 is 0 Å². The fourth-order valence-electron chi connectivity index (χ4n) is 3.22. The van der Waals surface area contributed by atoms with Gasteiger partial charge in [0.15, 0.2) is 5.78 Å². The largest absolute Gasteiger partial charge is 0.295 e. The fourth-order valence-corrected chi connectivity index (χ4v) is 3.22. The molecule has 0 atom stereocenters. The van der Waals surface area contributed by atoms with E-state index in [4.69, 9.17) is 0 Å². The average molecular weight is 319 g/mol. The van der Waals surface area contributed by atoms with Crippen molar-refractivity contribution in [1.82, 2.24) is 4.90 Å². The minimum Gasteiger partial charge on any atom is -0.295 e. The van der Waals surface area contributed by atoms with Gasteiger partial charge in [-0.3, -0.25) is 9.69 Å². The van der Waals surface area contributed by atoms with Crippen molar-refractivity contribution in [2.75, 3.05) is 6.54 Å². The molecule has 0 aliphatic heterocycles. The summed E-state index contributed by atoms with van der Waals surface area (Å²) < 4.78 is 0. The molecule has 0 heterocycles. The third-order valence-electron chi connectivity index (χ3n) is 4.55. The molecule has 0 N–H and O–H groups in total. The van der Waals surface area contributed by atoms with Gasteiger partial charge >= 0.3 is 0 Å². The molecule has 1 aliphatic carbocycles. The summed E-state index contributed by atoms with van der Waals surface area (Å²) in [6.45, 7) is 2.62. The SMILES string of the molecule is O=C1CCCC/C1=C\CN(Cc1ccccc1)Cc1ccccc1. The van der Waals surface area contributed by atoms with Gasteiger partial charge in [-0.2, -0.15) is 0 Å². The van der Waals surface area contributed by atoms with E-state index in [0.717, 1.165) is 50.9 Å². The molecule has 0 radical (unpaired) electrons. The van der Waals surface area contributed by atoms with Crippen molar-refractivity contribution < 1.29 is 4.79 Å². The first-order valence-electron chi connectivity index (χ1n) is 8.84. The summed E-state index contributed by atoms with van der Waals surface area (Å²) in [6.07, 6.45) is 6.03. The van der Waals surface area contributed by atoms with Crippen molar-refractivity contribution in [3.05, 3.63) is 83.4 Å². The quantitative estimate of drug-likeness (QED) is 0.716. The van der Waals surface area contributed by atoms with Crippen molar-refractivity contribution in [3.8, 4) is 0 Å². The Morgan fingerprint density at radius 3 is 1.88 bits per heavy atom. The first-order chi connectivity index (χ1) is 11.8. The Labute approximate surface area is 144 Å². The monoisotopic (exact) mass is 319 g/mol. The van der Waals surface area contributed by atoms with Crippen LogP contribution in [0.2, 0.25) is 0 Å². The third-order valence-corrected chi connectivity index (χ3v) is 4.55. The van der Waals surface area contributed by atoms with Gasteiger partial charge in [-0.25, -0.2) is 0 Å². The van der Waals surface area contributed by atoms with Crippen molar-refractivity contribution in [1.29, 1.82) is 0 Å². The molecule has 2 nitrogen and oxygen atoms in total. The molecule has 0 amide bonds. The molecule has 2 heteroatoms. The van der Waals surface area contributed by atoms with Gasteiger partial charge in [-0.1, -0.05) is 66.7 Å². The molecule has 124 valence electrons. The topological polar surface area (TPSA) is 20.3 Å². The van der Waals surface area contributed by atoms with Crippen LogP contribution in [-0.2, 0) is 17.9 Å². The molecule has 24 heavy (non-hydrogen) atoms. The number of hydrogen-bond donors (Lipinski definition) is 0. The summed E-state index contributed by atoms with van der Waals surface area (Å²) in [5, 5.41) is 0. The number of Topliss-reactive ketones (excluding diaryl/α,β-unsaturated/α-hetero) is 1. The number of allylic oxidation sites excluding steroid dienone is 1. The Kier molecular flexibility index (Phi) is 5.97. The van der Waals surface area contributed by atoms with Crippen molar-refractivity contribution in [3.63, 3.8) is 0 Å². The van der Waals surface area contributed by atoms with Gasteiger partial charge in [0.2, 0.25) is 0 Å². The van der Waals surface area contributed by atoms with Gasteiger partial charge in [-0.05, 0) is 36.0 Å². The number of carbonyl (C=O) groups excluding carboxylic acids is 1. The van der Waals surface area contributed by atoms with Crippen LogP contribution in [0.4, 0.5) is 0 Å². The zero-order valence-corrected chi connectivity index (χ0v) is 14.2. The summed E-state index contributed by atoms with van der Waals surface area (Å²) in [7, 11) is 0. The van der Waals surface area contributed by atoms with E-state index in [-0.39, 0.29) is 0 Å². The van der Waals surface area contributed by atoms with Gasteiger partial charge in [0.05, 0.1) is 0 Å². The molecule has 0 unspecified atom stereocenters. The molecule has 2 aromatic carbocycles. The second kappa shape index (κ2) is 8.60. The maximum Gasteiger partial charge on any atom is 0.158 e. The summed E-state index contributed by atoms with van der Waals surface area (Å²) in [5.41, 5.74) is 3.65. The molecular weight excluding hydrogens is 294 g/mol. The highest BCUT2D eigenvalue weighted by atomic mass is 16.1. The summed E-state index contributed by atoms with van der Waals surface area (Å²) >= 11 is 0. The Morgan fingerprint density at radius 1 is 0.792 bits per heavy atom. The van der Waals surface area contributed by atoms with Crippen molar-refractivity contribution >= 4 is 5.78 Å². The number of hydrogen-bond acceptors (Lipinski definition) is 2. The van der Waals surface area contributed by atoms with E-state index in [1.54, 1.807) is 0 Å². The molecule has 0 aromatic heterocycles. The number of ketones is 1. The van der Waals surface area contributed by atoms with Crippen molar-refractivity contribution in [2.24, 2.45) is 0 Å². The lowest BCUT2D eigenvalue weighted by Crippen LogP contribution is -2.24. The number of nitrogens with zero attached hydrogens (tertiary/aromatic N) is 1. The second-order valence-electron chi connectivity index (χ2n) is 6.50. The van der Waals surface area contributed by atoms with Crippen LogP contribution in [-0.4, -0.2) is 17.2 Å². The smallest absolute Gasteiger partial charge is 0.158 e. The zero-order valence-electron chi connectivity index (χ0n) is 14.2. The van der Waals surface area contributed by atoms with E-state index in [9.17, 15) is 4.79 Å². The summed E-state index contributed by atoms with van der Waals surface area (Å²) in [6, 6.07) is 21.1. The van der Waals surface area contributed by atoms with Gasteiger partial charge in [-0.15, -0.1) is 0 Å². The Morgan fingerprint density at radius 2 is 1.33 bits per heavy atom. The normalized spacial score (nSPS) is 16.7. The Hall–Kier alpha value is -2.19. The number of benzene rings is 2. The van der Waals surface area contributed by atoms with Gasteiger partial charge in [0.1, 0.15) is 0 Å². The molecule has 0 bridgehead atoms. The molecule has 0 saturated heterocycles. The lowest BCUT2D eigenvalue weighted by Gasteiger charge is -2.22. The Balaban J connectivity index is 1.71. The molecule has 1 fully saturated rings. The van der Waals surface area contributed by atoms with Crippen LogP contribution in [0.15, 0.2) is 72.3 Å². The lowest BCUT2D eigenvalue weighted by atomic mass is 9.93. The maximum atomic E-state index is 12.0. The highest BCUT2D eigenvalue weighted by Gasteiger charge is 2.15. The fraction of sp³-hybridized carbons (Fsp3) is 0.318. The highest BCUT2D eigenvalue weighted by Crippen LogP contribution is 2.20. The minimum absolute atomic E-state index is 0.348. The standard InChI is InChI=1S/C22H25NO/c24-22-14-8-7-13-21(22)15-16-23(17-19-9-3-1-4-10-19)18-20-11-5-2-6-12-20/h1-6,9-12,15H,7-8,13-14,16-18H2/b21-15+. The van der Waals surface area contributed by atoms with E-state index in [1.807, 2.05) is 12.1 Å². The average Bonchev–Trinajstić information content (AvgIpc) is 2.62. The van der Waals surface area contributed by atoms with E-state index >= 15 is 0 Å². The molecule has 3 rings (SSSR count). The van der Waals surface area contributed by atoms with Crippen LogP contribution in [0.5, 0.6) is 0 Å². The lowest BCUT2D eigenvalue weighted by molar-refractivity contribution is -0.116. The van der Waals surface area contributed by atoms with Crippen LogP contribution in [0.25, 0.3) is 0 Å². The second-order valence-corrected chi connectivity index (χ2v) is 6.50. The predicted octanol–water partition coefficient (Wildman–Crippen LogP) is 4.76. The van der Waals surface area contributed by atoms with Gasteiger partial charge in [0.25, 0.3) is 0 Å². The van der Waals surface area contributed by atoms with E-state index in [1.165, 1.54) is 11.1 Å². The van der Waals surface area contributed by atoms with Crippen LogP contribution >= 0.6 is 0 Å². The third kappa shape index (κ3) is 4.90. The summed E-state index contributed by atoms with van der Waals surface area (Å²) in [5.74, 6) is 0.348. The molecule has 1 saturated carbocycles. The number of carbonyl (C=O) groups is 1. The first kappa shape index (κ1) is 16.7. The Bertz CT molecular complexity index is 634. The van der Waals surface area contributed by atoms with Crippen LogP contribution in [0.3, 0.4) is 0 Å². The van der Waals surface area contributed by atoms with Crippen LogP contribution in [0.1, 0.15) is 36.8 Å². The molecular formula is C22H25NO. The highest BCUT2D eigenvalue weighted by molar-refractivity contribution is 5.95. The molecule has 0 spiro atoms. The minimum atomic E-state index is 0.348. The number of rotatable bonds is 6. The maximum absolute atomic E-state index is 12.0. The summed E-state index contributed by atoms with van der Waals surface area (Å²) in [4.78, 5) is 14.4. The van der Waals surface area contributed by atoms with Gasteiger partial charge in [0, 0.05) is 26.1 Å². The first-order valence-corrected chi connectivity index (χ1v) is 8.84. The van der Waals surface area contributed by atoms with Gasteiger partial charge < -0.3 is 0 Å². The van der Waals surface area contributed by atoms with E-state index in [0.29, 0.717) is 5.78 Å². The molecule has 1 aliphatic rings. The van der Waals surface area contributed by atoms with Crippen LogP contribution in [0, 0.1) is 0 Å². The molecule has 2 aromatic rings.